The number of carbonyl (C=O) groups excluding carboxylic acids is 1. The number of likely N-dealkylation sites (tertiary alicyclic amines) is 1. The summed E-state index contributed by atoms with van der Waals surface area (Å²) in [4.78, 5) is 16.2. The second-order valence-corrected chi connectivity index (χ2v) is 13.8. The van der Waals surface area contributed by atoms with Crippen LogP contribution in [-0.2, 0) is 20.4 Å². The van der Waals surface area contributed by atoms with Crippen molar-refractivity contribution in [2.75, 3.05) is 19.7 Å². The van der Waals surface area contributed by atoms with Gasteiger partial charge in [-0.1, -0.05) is 72.8 Å². The molecule has 1 fully saturated rings. The van der Waals surface area contributed by atoms with Gasteiger partial charge in [-0.15, -0.1) is 0 Å². The molecule has 4 aromatic rings. The summed E-state index contributed by atoms with van der Waals surface area (Å²) in [5, 5.41) is 4.97. The average Bonchev–Trinajstić information content (AvgIpc) is 3.57. The van der Waals surface area contributed by atoms with Crippen molar-refractivity contribution in [1.82, 2.24) is 14.9 Å². The van der Waals surface area contributed by atoms with Crippen molar-refractivity contribution in [3.63, 3.8) is 0 Å². The van der Waals surface area contributed by atoms with Crippen LogP contribution in [0.15, 0.2) is 95.9 Å². The van der Waals surface area contributed by atoms with Gasteiger partial charge in [0, 0.05) is 23.9 Å². The number of carbonyl (C=O) groups is 1. The predicted octanol–water partition coefficient (Wildman–Crippen LogP) is 6.22. The topological polar surface area (TPSA) is 87.7 Å². The van der Waals surface area contributed by atoms with E-state index in [0.717, 1.165) is 40.7 Å². The van der Waals surface area contributed by atoms with Gasteiger partial charge in [-0.25, -0.2) is 13.1 Å². The van der Waals surface area contributed by atoms with Crippen molar-refractivity contribution in [2.45, 2.75) is 62.0 Å². The van der Waals surface area contributed by atoms with E-state index in [2.05, 4.69) is 47.0 Å². The molecule has 43 heavy (non-hydrogen) atoms. The summed E-state index contributed by atoms with van der Waals surface area (Å²) in [6.07, 6.45) is 3.05. The van der Waals surface area contributed by atoms with E-state index in [1.807, 2.05) is 54.6 Å². The minimum atomic E-state index is -3.91. The molecule has 0 bridgehead atoms. The van der Waals surface area contributed by atoms with Crippen molar-refractivity contribution < 1.29 is 17.9 Å². The quantitative estimate of drug-likeness (QED) is 0.239. The molecule has 0 aromatic heterocycles. The summed E-state index contributed by atoms with van der Waals surface area (Å²) in [6.45, 7) is 7.20. The zero-order chi connectivity index (χ0) is 30.0. The third-order valence-corrected chi connectivity index (χ3v) is 10.4. The summed E-state index contributed by atoms with van der Waals surface area (Å²) < 4.78 is 36.0. The van der Waals surface area contributed by atoms with E-state index in [-0.39, 0.29) is 28.8 Å². The van der Waals surface area contributed by atoms with E-state index >= 15 is 0 Å². The first-order chi connectivity index (χ1) is 20.7. The minimum Gasteiger partial charge on any atom is -0.493 e. The van der Waals surface area contributed by atoms with Crippen LogP contribution in [0.1, 0.15) is 68.3 Å². The van der Waals surface area contributed by atoms with Crippen LogP contribution in [-0.4, -0.2) is 38.9 Å². The van der Waals surface area contributed by atoms with Crippen molar-refractivity contribution in [1.29, 1.82) is 0 Å². The Morgan fingerprint density at radius 1 is 0.930 bits per heavy atom. The Morgan fingerprint density at radius 3 is 2.42 bits per heavy atom. The molecule has 8 heteroatoms. The highest BCUT2D eigenvalue weighted by Gasteiger charge is 2.33. The lowest BCUT2D eigenvalue weighted by atomic mass is 9.89. The van der Waals surface area contributed by atoms with Crippen LogP contribution in [0.3, 0.4) is 0 Å². The summed E-state index contributed by atoms with van der Waals surface area (Å²) in [7, 11) is -3.91. The van der Waals surface area contributed by atoms with Gasteiger partial charge in [0.2, 0.25) is 15.9 Å². The van der Waals surface area contributed by atoms with Crippen LogP contribution in [0, 0.1) is 0 Å². The first-order valence-electron chi connectivity index (χ1n) is 15.1. The lowest BCUT2D eigenvalue weighted by Gasteiger charge is -2.37. The maximum Gasteiger partial charge on any atom is 0.241 e. The molecule has 0 radical (unpaired) electrons. The SMILES string of the molecule is CC(C)(c1ccc2c(c1)OCCC2NC(=O)CC(NS(=O)(=O)c1ccc2ccccc2c1)c1ccccc1)N1CCCC1. The molecule has 1 amide bonds. The standard InChI is InChI=1S/C35H39N3O4S/c1-35(2,38-19-8-9-20-38)28-15-17-30-31(18-21-42-33(30)23-28)36-34(39)24-32(26-11-4-3-5-12-26)37-43(40,41)29-16-14-25-10-6-7-13-27(25)22-29/h3-7,10-17,22-23,31-32,37H,8-9,18-21,24H2,1-2H3,(H,36,39). The number of nitrogens with one attached hydrogen (secondary N) is 2. The molecule has 0 saturated carbocycles. The van der Waals surface area contributed by atoms with Crippen molar-refractivity contribution >= 4 is 26.7 Å². The average molecular weight is 598 g/mol. The molecule has 2 unspecified atom stereocenters. The van der Waals surface area contributed by atoms with Gasteiger partial charge in [-0.3, -0.25) is 9.69 Å². The highest BCUT2D eigenvalue weighted by molar-refractivity contribution is 7.89. The lowest BCUT2D eigenvalue weighted by Crippen LogP contribution is -2.39. The molecule has 1 saturated heterocycles. The number of fused-ring (bicyclic) bond motifs is 2. The van der Waals surface area contributed by atoms with Crippen LogP contribution in [0.5, 0.6) is 5.75 Å². The molecule has 224 valence electrons. The fraction of sp³-hybridized carbons (Fsp3) is 0.343. The Balaban J connectivity index is 1.20. The Hall–Kier alpha value is -3.72. The van der Waals surface area contributed by atoms with E-state index in [1.165, 1.54) is 18.4 Å². The van der Waals surface area contributed by atoms with Gasteiger partial charge >= 0.3 is 0 Å². The number of nitrogens with zero attached hydrogens (tertiary/aromatic N) is 1. The number of sulfonamides is 1. The summed E-state index contributed by atoms with van der Waals surface area (Å²) in [5.74, 6) is 0.576. The van der Waals surface area contributed by atoms with Crippen LogP contribution in [0.2, 0.25) is 0 Å². The summed E-state index contributed by atoms with van der Waals surface area (Å²) in [5.41, 5.74) is 2.78. The molecule has 6 rings (SSSR count). The molecule has 2 N–H and O–H groups in total. The number of rotatable bonds is 9. The molecule has 2 aliphatic heterocycles. The molecular weight excluding hydrogens is 558 g/mol. The molecule has 0 aliphatic carbocycles. The summed E-state index contributed by atoms with van der Waals surface area (Å²) >= 11 is 0. The third kappa shape index (κ3) is 6.32. The van der Waals surface area contributed by atoms with Crippen molar-refractivity contribution in [2.24, 2.45) is 0 Å². The van der Waals surface area contributed by atoms with E-state index < -0.39 is 16.1 Å². The normalized spacial score (nSPS) is 18.1. The monoisotopic (exact) mass is 597 g/mol. The van der Waals surface area contributed by atoms with E-state index in [4.69, 9.17) is 4.74 Å². The Kier molecular flexibility index (Phi) is 8.27. The second-order valence-electron chi connectivity index (χ2n) is 12.1. The third-order valence-electron chi connectivity index (χ3n) is 8.91. The van der Waals surface area contributed by atoms with Gasteiger partial charge < -0.3 is 10.1 Å². The van der Waals surface area contributed by atoms with Gasteiger partial charge in [-0.05, 0) is 79.9 Å². The minimum absolute atomic E-state index is 0.0381. The number of amides is 1. The fourth-order valence-corrected chi connectivity index (χ4v) is 7.58. The first-order valence-corrected chi connectivity index (χ1v) is 16.6. The maximum atomic E-state index is 13.5. The second kappa shape index (κ2) is 12.1. The number of benzene rings is 4. The Bertz CT molecular complexity index is 1720. The van der Waals surface area contributed by atoms with Crippen LogP contribution in [0.4, 0.5) is 0 Å². The molecule has 2 atom stereocenters. The molecular formula is C35H39N3O4S. The highest BCUT2D eigenvalue weighted by atomic mass is 32.2. The zero-order valence-electron chi connectivity index (χ0n) is 24.8. The lowest BCUT2D eigenvalue weighted by molar-refractivity contribution is -0.122. The molecule has 0 spiro atoms. The summed E-state index contributed by atoms with van der Waals surface area (Å²) in [6, 6.07) is 27.3. The predicted molar refractivity (Wildman–Crippen MR) is 169 cm³/mol. The maximum absolute atomic E-state index is 13.5. The molecule has 2 heterocycles. The number of ether oxygens (including phenoxy) is 1. The van der Waals surface area contributed by atoms with Gasteiger partial charge in [0.1, 0.15) is 5.75 Å². The highest BCUT2D eigenvalue weighted by Crippen LogP contribution is 2.38. The van der Waals surface area contributed by atoms with Crippen molar-refractivity contribution in [3.05, 3.63) is 108 Å². The van der Waals surface area contributed by atoms with E-state index in [0.29, 0.717) is 13.0 Å². The molecule has 2 aliphatic rings. The fourth-order valence-electron chi connectivity index (χ4n) is 6.32. The number of hydrogen-bond acceptors (Lipinski definition) is 5. The van der Waals surface area contributed by atoms with E-state index in [9.17, 15) is 13.2 Å². The first kappa shape index (κ1) is 29.4. The van der Waals surface area contributed by atoms with Gasteiger partial charge in [-0.2, -0.15) is 0 Å². The van der Waals surface area contributed by atoms with E-state index in [1.54, 1.807) is 18.2 Å². The zero-order valence-corrected chi connectivity index (χ0v) is 25.6. The van der Waals surface area contributed by atoms with Crippen LogP contribution >= 0.6 is 0 Å². The molecule has 7 nitrogen and oxygen atoms in total. The number of hydrogen-bond donors (Lipinski definition) is 2. The van der Waals surface area contributed by atoms with Crippen LogP contribution in [0.25, 0.3) is 10.8 Å². The smallest absolute Gasteiger partial charge is 0.241 e. The largest absolute Gasteiger partial charge is 0.493 e. The van der Waals surface area contributed by atoms with Gasteiger partial charge in [0.05, 0.1) is 23.6 Å². The Labute approximate surface area is 254 Å². The van der Waals surface area contributed by atoms with Crippen molar-refractivity contribution in [3.8, 4) is 5.75 Å². The van der Waals surface area contributed by atoms with Gasteiger partial charge in [0.25, 0.3) is 0 Å². The van der Waals surface area contributed by atoms with Crippen LogP contribution < -0.4 is 14.8 Å². The molecule has 4 aromatic carbocycles. The van der Waals surface area contributed by atoms with Gasteiger partial charge in [0.15, 0.2) is 0 Å². The Morgan fingerprint density at radius 2 is 1.65 bits per heavy atom.